The van der Waals surface area contributed by atoms with Crippen LogP contribution in [0, 0.1) is 0 Å². The molecule has 0 saturated carbocycles. The van der Waals surface area contributed by atoms with Gasteiger partial charge in [0.15, 0.2) is 17.4 Å². The number of nitrogens with two attached hydrogens (primary N) is 2. The Hall–Kier alpha value is -3.33. The number of carbonyl (C=O) groups excluding carboxylic acids is 1. The lowest BCUT2D eigenvalue weighted by molar-refractivity contribution is -0.149. The zero-order chi connectivity index (χ0) is 29.2. The Morgan fingerprint density at radius 2 is 1.98 bits per heavy atom. The van der Waals surface area contributed by atoms with Crippen molar-refractivity contribution in [2.45, 2.75) is 63.8 Å². The molecule has 1 aromatic carbocycles. The van der Waals surface area contributed by atoms with E-state index in [-0.39, 0.29) is 29.3 Å². The van der Waals surface area contributed by atoms with E-state index in [0.29, 0.717) is 5.52 Å². The fourth-order valence-corrected chi connectivity index (χ4v) is 5.66. The predicted octanol–water partition coefficient (Wildman–Crippen LogP) is 1.53. The van der Waals surface area contributed by atoms with Crippen LogP contribution in [0.4, 0.5) is 5.95 Å². The fourth-order valence-electron chi connectivity index (χ4n) is 4.16. The van der Waals surface area contributed by atoms with Gasteiger partial charge in [-0.1, -0.05) is 18.2 Å². The molecule has 2 aromatic heterocycles. The molecule has 0 radical (unpaired) electrons. The third-order valence-electron chi connectivity index (χ3n) is 6.11. The second kappa shape index (κ2) is 11.6. The van der Waals surface area contributed by atoms with Crippen LogP contribution in [0.1, 0.15) is 33.9 Å². The Bertz CT molecular complexity index is 1390. The van der Waals surface area contributed by atoms with Crippen LogP contribution in [-0.4, -0.2) is 74.2 Å². The average Bonchev–Trinajstić information content (AvgIpc) is 3.40. The number of hydrogen-bond donors (Lipinski definition) is 4. The molecular formula is C24H34N7O8P. The summed E-state index contributed by atoms with van der Waals surface area (Å²) in [5.41, 5.74) is 11.6. The van der Waals surface area contributed by atoms with Crippen molar-refractivity contribution in [1.82, 2.24) is 24.6 Å². The number of carbonyl (C=O) groups is 1. The van der Waals surface area contributed by atoms with E-state index in [0.717, 1.165) is 0 Å². The topological polar surface area (TPSA) is 208 Å². The summed E-state index contributed by atoms with van der Waals surface area (Å²) in [5.74, 6) is -0.314. The number of aromatic nitrogens is 4. The molecule has 1 aliphatic heterocycles. The molecule has 6 atom stereocenters. The molecule has 0 aliphatic carbocycles. The minimum absolute atomic E-state index is 0.0570. The maximum absolute atomic E-state index is 13.8. The summed E-state index contributed by atoms with van der Waals surface area (Å²) in [6.07, 6.45) is -2.30. The van der Waals surface area contributed by atoms with Crippen LogP contribution in [-0.2, 0) is 23.4 Å². The fraction of sp³-hybridized carbons (Fsp3) is 0.500. The number of aliphatic hydroxyl groups is 1. The monoisotopic (exact) mass is 579 g/mol. The molecule has 0 spiro atoms. The van der Waals surface area contributed by atoms with Gasteiger partial charge in [0.2, 0.25) is 11.8 Å². The zero-order valence-electron chi connectivity index (χ0n) is 22.8. The highest BCUT2D eigenvalue weighted by atomic mass is 31.2. The third kappa shape index (κ3) is 6.19. The Morgan fingerprint density at radius 1 is 1.27 bits per heavy atom. The summed E-state index contributed by atoms with van der Waals surface area (Å²) in [6.45, 7) is 6.02. The van der Waals surface area contributed by atoms with E-state index in [1.807, 2.05) is 0 Å². The number of esters is 1. The van der Waals surface area contributed by atoms with Crippen LogP contribution >= 0.6 is 7.75 Å². The largest absolute Gasteiger partial charge is 0.479 e. The summed E-state index contributed by atoms with van der Waals surface area (Å²) in [4.78, 5) is 24.9. The van der Waals surface area contributed by atoms with Crippen molar-refractivity contribution in [3.8, 4) is 11.6 Å². The molecule has 40 heavy (non-hydrogen) atoms. The van der Waals surface area contributed by atoms with Gasteiger partial charge in [0.1, 0.15) is 24.0 Å². The maximum Gasteiger partial charge on any atom is 0.459 e. The number of anilines is 1. The number of fused-ring (bicyclic) bond motifs is 1. The molecule has 3 aromatic rings. The molecule has 1 unspecified atom stereocenters. The minimum atomic E-state index is -4.21. The van der Waals surface area contributed by atoms with Crippen molar-refractivity contribution in [2.24, 2.45) is 5.73 Å². The summed E-state index contributed by atoms with van der Waals surface area (Å²) in [6, 6.07) is 7.24. The van der Waals surface area contributed by atoms with Crippen molar-refractivity contribution in [2.75, 3.05) is 19.5 Å². The van der Waals surface area contributed by atoms with Gasteiger partial charge in [-0.15, -0.1) is 0 Å². The van der Waals surface area contributed by atoms with E-state index < -0.39 is 50.3 Å². The van der Waals surface area contributed by atoms with E-state index in [1.165, 1.54) is 24.9 Å². The van der Waals surface area contributed by atoms with Crippen LogP contribution in [0.2, 0.25) is 0 Å². The average molecular weight is 580 g/mol. The van der Waals surface area contributed by atoms with Crippen molar-refractivity contribution >= 4 is 30.8 Å². The Kier molecular flexibility index (Phi) is 8.63. The number of methoxy groups -OCH3 is 1. The molecule has 1 aliphatic rings. The molecular weight excluding hydrogens is 545 g/mol. The van der Waals surface area contributed by atoms with E-state index in [4.69, 9.17) is 34.7 Å². The Labute approximate surface area is 230 Å². The van der Waals surface area contributed by atoms with Crippen LogP contribution in [0.15, 0.2) is 36.7 Å². The predicted molar refractivity (Wildman–Crippen MR) is 143 cm³/mol. The van der Waals surface area contributed by atoms with Gasteiger partial charge in [-0.05, 0) is 39.8 Å². The number of aliphatic hydroxyl groups excluding tert-OH is 1. The van der Waals surface area contributed by atoms with E-state index in [9.17, 15) is 14.5 Å². The molecule has 1 saturated heterocycles. The van der Waals surface area contributed by atoms with E-state index in [2.05, 4.69) is 20.0 Å². The van der Waals surface area contributed by atoms with Crippen LogP contribution in [0.25, 0.3) is 11.2 Å². The molecule has 218 valence electrons. The first-order valence-corrected chi connectivity index (χ1v) is 14.0. The highest BCUT2D eigenvalue weighted by Crippen LogP contribution is 2.47. The number of rotatable bonds is 11. The molecule has 4 rings (SSSR count). The highest BCUT2D eigenvalue weighted by molar-refractivity contribution is 7.52. The van der Waals surface area contributed by atoms with Crippen LogP contribution in [0.3, 0.4) is 0 Å². The maximum atomic E-state index is 13.8. The van der Waals surface area contributed by atoms with Crippen LogP contribution < -0.4 is 25.8 Å². The number of nitrogen functional groups attached to an aromatic ring is 1. The quantitative estimate of drug-likeness (QED) is 0.188. The van der Waals surface area contributed by atoms with Crippen molar-refractivity contribution < 1.29 is 37.7 Å². The molecule has 3 heterocycles. The van der Waals surface area contributed by atoms with E-state index in [1.54, 1.807) is 51.1 Å². The van der Waals surface area contributed by atoms with Crippen molar-refractivity contribution in [3.63, 3.8) is 0 Å². The number of para-hydroxylation sites is 1. The molecule has 0 amide bonds. The van der Waals surface area contributed by atoms with Gasteiger partial charge in [0.05, 0.1) is 31.7 Å². The van der Waals surface area contributed by atoms with Gasteiger partial charge in [-0.3, -0.25) is 13.9 Å². The molecule has 0 bridgehead atoms. The summed E-state index contributed by atoms with van der Waals surface area (Å²) in [7, 11) is -2.79. The second-order valence-corrected chi connectivity index (χ2v) is 11.5. The highest BCUT2D eigenvalue weighted by Gasteiger charge is 2.53. The van der Waals surface area contributed by atoms with Crippen LogP contribution in [0.5, 0.6) is 11.6 Å². The number of imidazole rings is 1. The minimum Gasteiger partial charge on any atom is -0.479 e. The first kappa shape index (κ1) is 29.6. The summed E-state index contributed by atoms with van der Waals surface area (Å²) >= 11 is 0. The standard InChI is InChI=1S/C24H34N7O8P/c1-13(2)37-21(33)14(3)30-40(34,39-15-9-7-6-8-10-15)36-11-16-18(32)24(4,26)22(38-16)31-12-27-17-19(31)28-23(25)29-20(17)35-5/h6-10,12-14,16,18,22,32H,11,26H2,1-5H3,(H,30,34)(H2,25,28,29)/t14-,16+,18+,22+,24+,40?/m0/s1. The molecule has 1 fully saturated rings. The number of nitrogens with one attached hydrogen (secondary N) is 1. The van der Waals surface area contributed by atoms with Gasteiger partial charge < -0.3 is 35.3 Å². The molecule has 6 N–H and O–H groups in total. The normalized spacial score (nSPS) is 25.1. The first-order chi connectivity index (χ1) is 18.8. The van der Waals surface area contributed by atoms with Gasteiger partial charge in [0, 0.05) is 0 Å². The van der Waals surface area contributed by atoms with Crippen molar-refractivity contribution in [1.29, 1.82) is 0 Å². The van der Waals surface area contributed by atoms with E-state index >= 15 is 0 Å². The SMILES string of the molecule is COc1nc(N)nc2c1ncn2[C@@H]1O[C@H](COP(=O)(N[C@@H](C)C(=O)OC(C)C)Oc2ccccc2)[C@@H](O)[C@@]1(C)N. The smallest absolute Gasteiger partial charge is 0.459 e. The van der Waals surface area contributed by atoms with Gasteiger partial charge in [0.25, 0.3) is 0 Å². The number of ether oxygens (including phenoxy) is 3. The molecule has 16 heteroatoms. The second-order valence-electron chi connectivity index (χ2n) is 9.79. The number of benzene rings is 1. The first-order valence-electron chi connectivity index (χ1n) is 12.5. The Morgan fingerprint density at radius 3 is 2.62 bits per heavy atom. The number of hydrogen-bond acceptors (Lipinski definition) is 13. The van der Waals surface area contributed by atoms with Crippen molar-refractivity contribution in [3.05, 3.63) is 36.7 Å². The lowest BCUT2D eigenvalue weighted by Crippen LogP contribution is -2.52. The Balaban J connectivity index is 1.56. The van der Waals surface area contributed by atoms with Gasteiger partial charge >= 0.3 is 13.7 Å². The molecule has 15 nitrogen and oxygen atoms in total. The van der Waals surface area contributed by atoms with Gasteiger partial charge in [-0.25, -0.2) is 9.55 Å². The summed E-state index contributed by atoms with van der Waals surface area (Å²) in [5, 5.41) is 13.7. The lowest BCUT2D eigenvalue weighted by atomic mass is 9.93. The zero-order valence-corrected chi connectivity index (χ0v) is 23.6. The summed E-state index contributed by atoms with van der Waals surface area (Å²) < 4.78 is 43.2. The van der Waals surface area contributed by atoms with Gasteiger partial charge in [-0.2, -0.15) is 15.1 Å². The lowest BCUT2D eigenvalue weighted by Gasteiger charge is -2.28. The number of nitrogens with zero attached hydrogens (tertiary/aromatic N) is 4. The third-order valence-corrected chi connectivity index (χ3v) is 7.76.